The van der Waals surface area contributed by atoms with E-state index in [1.807, 2.05) is 0 Å². The third kappa shape index (κ3) is 3.18. The number of non-ortho nitro benzene ring substituents is 1. The zero-order valence-electron chi connectivity index (χ0n) is 11.8. The predicted molar refractivity (Wildman–Crippen MR) is 75.2 cm³/mol. The number of aliphatic hydroxyl groups is 4. The Morgan fingerprint density at radius 1 is 1.27 bits per heavy atom. The molecule has 1 aliphatic rings. The summed E-state index contributed by atoms with van der Waals surface area (Å²) in [5, 5.41) is 52.0. The minimum Gasteiger partial charge on any atom is -0.394 e. The van der Waals surface area contributed by atoms with Crippen molar-refractivity contribution in [1.82, 2.24) is 0 Å². The molecule has 2 rings (SSSR count). The van der Waals surface area contributed by atoms with Crippen LogP contribution in [0.5, 0.6) is 0 Å². The van der Waals surface area contributed by atoms with Gasteiger partial charge in [0.05, 0.1) is 11.5 Å². The van der Waals surface area contributed by atoms with Gasteiger partial charge in [0.2, 0.25) is 0 Å². The Hall–Kier alpha value is -1.78. The molecule has 22 heavy (non-hydrogen) atoms. The molecule has 1 aliphatic heterocycles. The van der Waals surface area contributed by atoms with Gasteiger partial charge in [0.25, 0.3) is 5.69 Å². The van der Waals surface area contributed by atoms with E-state index in [4.69, 9.17) is 9.84 Å². The molecule has 0 unspecified atom stereocenters. The molecule has 0 saturated carbocycles. The van der Waals surface area contributed by atoms with E-state index in [-0.39, 0.29) is 5.69 Å². The van der Waals surface area contributed by atoms with Crippen molar-refractivity contribution in [2.24, 2.45) is 0 Å². The Morgan fingerprint density at radius 2 is 1.95 bits per heavy atom. The SMILES string of the molecule is Cc1cc([N+](=O)[O-])ccc1N[C@@H]1O[C@H](CO)[C@H](O)[C@H](O)[C@H]1O. The normalized spacial score (nSPS) is 31.8. The van der Waals surface area contributed by atoms with Crippen molar-refractivity contribution in [3.8, 4) is 0 Å². The molecule has 0 amide bonds. The maximum atomic E-state index is 10.7. The number of nitro benzene ring substituents is 1. The molecule has 5 atom stereocenters. The topological polar surface area (TPSA) is 145 Å². The highest BCUT2D eigenvalue weighted by molar-refractivity contribution is 5.55. The van der Waals surface area contributed by atoms with Crippen LogP contribution in [-0.4, -0.2) is 62.6 Å². The lowest BCUT2D eigenvalue weighted by atomic mass is 9.98. The fourth-order valence-corrected chi connectivity index (χ4v) is 2.30. The predicted octanol–water partition coefficient (Wildman–Crippen LogP) is -0.885. The van der Waals surface area contributed by atoms with E-state index in [0.29, 0.717) is 11.3 Å². The molecule has 122 valence electrons. The van der Waals surface area contributed by atoms with Crippen LogP contribution in [0.1, 0.15) is 5.56 Å². The van der Waals surface area contributed by atoms with Crippen molar-refractivity contribution < 1.29 is 30.1 Å². The van der Waals surface area contributed by atoms with Crippen LogP contribution in [0, 0.1) is 17.0 Å². The average molecular weight is 314 g/mol. The number of aryl methyl sites for hydroxylation is 1. The van der Waals surface area contributed by atoms with Crippen LogP contribution in [0.25, 0.3) is 0 Å². The van der Waals surface area contributed by atoms with E-state index in [9.17, 15) is 25.4 Å². The summed E-state index contributed by atoms with van der Waals surface area (Å²) in [5.74, 6) is 0. The number of ether oxygens (including phenoxy) is 1. The fourth-order valence-electron chi connectivity index (χ4n) is 2.30. The lowest BCUT2D eigenvalue weighted by molar-refractivity contribution is -0.384. The molecule has 0 aliphatic carbocycles. The van der Waals surface area contributed by atoms with E-state index in [0.717, 1.165) is 0 Å². The van der Waals surface area contributed by atoms with Gasteiger partial charge in [-0.15, -0.1) is 0 Å². The minimum atomic E-state index is -1.48. The minimum absolute atomic E-state index is 0.0724. The van der Waals surface area contributed by atoms with E-state index in [1.165, 1.54) is 18.2 Å². The largest absolute Gasteiger partial charge is 0.394 e. The Labute approximate surface area is 125 Å². The van der Waals surface area contributed by atoms with Crippen molar-refractivity contribution in [3.63, 3.8) is 0 Å². The number of benzene rings is 1. The molecule has 1 heterocycles. The quantitative estimate of drug-likeness (QED) is 0.355. The molecule has 1 aromatic carbocycles. The summed E-state index contributed by atoms with van der Waals surface area (Å²) < 4.78 is 5.31. The zero-order valence-corrected chi connectivity index (χ0v) is 11.8. The second-order valence-corrected chi connectivity index (χ2v) is 5.15. The highest BCUT2D eigenvalue weighted by Crippen LogP contribution is 2.26. The second-order valence-electron chi connectivity index (χ2n) is 5.15. The third-order valence-corrected chi connectivity index (χ3v) is 3.61. The van der Waals surface area contributed by atoms with Crippen LogP contribution in [0.15, 0.2) is 18.2 Å². The summed E-state index contributed by atoms with van der Waals surface area (Å²) in [5.41, 5.74) is 0.943. The Balaban J connectivity index is 2.17. The highest BCUT2D eigenvalue weighted by Gasteiger charge is 2.43. The van der Waals surface area contributed by atoms with Crippen LogP contribution in [0.3, 0.4) is 0 Å². The number of nitrogens with one attached hydrogen (secondary N) is 1. The lowest BCUT2D eigenvalue weighted by Crippen LogP contribution is -2.60. The molecule has 0 radical (unpaired) electrons. The van der Waals surface area contributed by atoms with Crippen molar-refractivity contribution >= 4 is 11.4 Å². The van der Waals surface area contributed by atoms with Crippen LogP contribution < -0.4 is 5.32 Å². The number of anilines is 1. The van der Waals surface area contributed by atoms with Gasteiger partial charge >= 0.3 is 0 Å². The zero-order chi connectivity index (χ0) is 16.4. The summed E-state index contributed by atoms with van der Waals surface area (Å²) in [4.78, 5) is 10.2. The van der Waals surface area contributed by atoms with Gasteiger partial charge in [-0.3, -0.25) is 10.1 Å². The molecule has 0 spiro atoms. The van der Waals surface area contributed by atoms with Gasteiger partial charge < -0.3 is 30.5 Å². The van der Waals surface area contributed by atoms with Gasteiger partial charge in [-0.25, -0.2) is 0 Å². The van der Waals surface area contributed by atoms with Crippen molar-refractivity contribution in [2.45, 2.75) is 37.6 Å². The summed E-state index contributed by atoms with van der Waals surface area (Å²) in [6.07, 6.45) is -6.44. The first-order chi connectivity index (χ1) is 10.3. The number of aliphatic hydroxyl groups excluding tert-OH is 4. The number of rotatable bonds is 4. The van der Waals surface area contributed by atoms with Gasteiger partial charge in [-0.2, -0.15) is 0 Å². The highest BCUT2D eigenvalue weighted by atomic mass is 16.6. The molecule has 9 nitrogen and oxygen atoms in total. The molecule has 1 saturated heterocycles. The van der Waals surface area contributed by atoms with Gasteiger partial charge in [0.15, 0.2) is 6.23 Å². The van der Waals surface area contributed by atoms with Crippen molar-refractivity contribution in [3.05, 3.63) is 33.9 Å². The Kier molecular flexibility index (Phi) is 4.94. The van der Waals surface area contributed by atoms with Crippen molar-refractivity contribution in [1.29, 1.82) is 0 Å². The standard InChI is InChI=1S/C13H18N2O7/c1-6-4-7(15(20)21)2-3-8(6)14-13-12(19)11(18)10(17)9(5-16)22-13/h2-4,9-14,16-19H,5H2,1H3/t9-,10+,11+,12-,13-/m1/s1. The lowest BCUT2D eigenvalue weighted by Gasteiger charge is -2.40. The molecular formula is C13H18N2O7. The molecule has 1 fully saturated rings. The maximum Gasteiger partial charge on any atom is 0.269 e. The molecule has 0 bridgehead atoms. The molecule has 5 N–H and O–H groups in total. The van der Waals surface area contributed by atoms with Crippen LogP contribution in [0.4, 0.5) is 11.4 Å². The van der Waals surface area contributed by atoms with Crippen molar-refractivity contribution in [2.75, 3.05) is 11.9 Å². The Morgan fingerprint density at radius 3 is 2.50 bits per heavy atom. The smallest absolute Gasteiger partial charge is 0.269 e. The molecular weight excluding hydrogens is 296 g/mol. The van der Waals surface area contributed by atoms with Crippen LogP contribution in [0.2, 0.25) is 0 Å². The van der Waals surface area contributed by atoms with E-state index in [1.54, 1.807) is 6.92 Å². The first kappa shape index (κ1) is 16.6. The average Bonchev–Trinajstić information content (AvgIpc) is 2.49. The number of nitro groups is 1. The maximum absolute atomic E-state index is 10.7. The Bertz CT molecular complexity index is 551. The fraction of sp³-hybridized carbons (Fsp3) is 0.538. The van der Waals surface area contributed by atoms with E-state index in [2.05, 4.69) is 5.32 Å². The van der Waals surface area contributed by atoms with Crippen LogP contribution >= 0.6 is 0 Å². The number of hydrogen-bond donors (Lipinski definition) is 5. The first-order valence-corrected chi connectivity index (χ1v) is 6.67. The molecule has 9 heteroatoms. The molecule has 1 aromatic rings. The van der Waals surface area contributed by atoms with E-state index >= 15 is 0 Å². The van der Waals surface area contributed by atoms with Gasteiger partial charge in [-0.05, 0) is 18.6 Å². The molecule has 0 aromatic heterocycles. The third-order valence-electron chi connectivity index (χ3n) is 3.61. The number of nitrogens with zero attached hydrogens (tertiary/aromatic N) is 1. The van der Waals surface area contributed by atoms with Gasteiger partial charge in [0, 0.05) is 17.8 Å². The monoisotopic (exact) mass is 314 g/mol. The summed E-state index contributed by atoms with van der Waals surface area (Å²) in [7, 11) is 0. The number of hydrogen-bond acceptors (Lipinski definition) is 8. The van der Waals surface area contributed by atoms with Gasteiger partial charge in [0.1, 0.15) is 24.4 Å². The van der Waals surface area contributed by atoms with Gasteiger partial charge in [-0.1, -0.05) is 0 Å². The first-order valence-electron chi connectivity index (χ1n) is 6.67. The van der Waals surface area contributed by atoms with E-state index < -0.39 is 42.2 Å². The van der Waals surface area contributed by atoms with Crippen LogP contribution in [-0.2, 0) is 4.74 Å². The second kappa shape index (κ2) is 6.55. The summed E-state index contributed by atoms with van der Waals surface area (Å²) in [6.45, 7) is 1.11. The summed E-state index contributed by atoms with van der Waals surface area (Å²) >= 11 is 0. The summed E-state index contributed by atoms with van der Waals surface area (Å²) in [6, 6.07) is 4.10.